The van der Waals surface area contributed by atoms with Crippen LogP contribution in [-0.4, -0.2) is 24.0 Å². The van der Waals surface area contributed by atoms with Gasteiger partial charge in [0.1, 0.15) is 10.6 Å². The lowest BCUT2D eigenvalue weighted by atomic mass is 10.1. The van der Waals surface area contributed by atoms with Crippen LogP contribution in [0.25, 0.3) is 0 Å². The summed E-state index contributed by atoms with van der Waals surface area (Å²) in [5.41, 5.74) is 3.87. The molecule has 0 aliphatic heterocycles. The molecule has 7 nitrogen and oxygen atoms in total. The van der Waals surface area contributed by atoms with Gasteiger partial charge in [-0.1, -0.05) is 35.6 Å². The van der Waals surface area contributed by atoms with Crippen molar-refractivity contribution in [3.63, 3.8) is 0 Å². The number of rotatable bonds is 5. The van der Waals surface area contributed by atoms with Crippen LogP contribution >= 0.6 is 11.3 Å². The van der Waals surface area contributed by atoms with E-state index in [4.69, 9.17) is 4.74 Å². The fourth-order valence-electron chi connectivity index (χ4n) is 2.71. The molecule has 3 rings (SSSR count). The molecule has 0 spiro atoms. The fourth-order valence-corrected chi connectivity index (χ4v) is 3.57. The molecule has 2 aromatic carbocycles. The third-order valence-electron chi connectivity index (χ3n) is 4.22. The number of carbonyl (C=O) groups is 2. The Labute approximate surface area is 173 Å². The van der Waals surface area contributed by atoms with Crippen molar-refractivity contribution in [1.29, 1.82) is 0 Å². The van der Waals surface area contributed by atoms with Gasteiger partial charge in [-0.3, -0.25) is 10.1 Å². The quantitative estimate of drug-likeness (QED) is 0.553. The van der Waals surface area contributed by atoms with E-state index in [1.165, 1.54) is 7.11 Å². The van der Waals surface area contributed by atoms with Gasteiger partial charge >= 0.3 is 6.03 Å². The molecule has 0 aliphatic rings. The SMILES string of the molecule is COc1ccccc1NC(=O)Nc1nc(C)c(C(=O)Nc2cc(C)ccc2C)s1. The summed E-state index contributed by atoms with van der Waals surface area (Å²) in [7, 11) is 1.53. The number of urea groups is 1. The van der Waals surface area contributed by atoms with Crippen LogP contribution in [0.4, 0.5) is 21.3 Å². The zero-order valence-corrected chi connectivity index (χ0v) is 17.4. The Kier molecular flexibility index (Phi) is 6.13. The van der Waals surface area contributed by atoms with Crippen LogP contribution in [0.3, 0.4) is 0 Å². The Morgan fingerprint density at radius 1 is 0.966 bits per heavy atom. The fraction of sp³-hybridized carbons (Fsp3) is 0.190. The van der Waals surface area contributed by atoms with Gasteiger partial charge in [0.25, 0.3) is 5.91 Å². The summed E-state index contributed by atoms with van der Waals surface area (Å²) in [4.78, 5) is 29.7. The van der Waals surface area contributed by atoms with E-state index in [1.807, 2.05) is 38.1 Å². The van der Waals surface area contributed by atoms with Crippen molar-refractivity contribution < 1.29 is 14.3 Å². The highest BCUT2D eigenvalue weighted by Gasteiger charge is 2.18. The normalized spacial score (nSPS) is 10.3. The Morgan fingerprint density at radius 3 is 2.48 bits per heavy atom. The van der Waals surface area contributed by atoms with Crippen LogP contribution in [0.15, 0.2) is 42.5 Å². The maximum absolute atomic E-state index is 12.7. The third-order valence-corrected chi connectivity index (χ3v) is 5.29. The summed E-state index contributed by atoms with van der Waals surface area (Å²) >= 11 is 1.12. The Bertz CT molecular complexity index is 1060. The monoisotopic (exact) mass is 410 g/mol. The van der Waals surface area contributed by atoms with Crippen LogP contribution in [0.2, 0.25) is 0 Å². The number of hydrogen-bond acceptors (Lipinski definition) is 5. The van der Waals surface area contributed by atoms with E-state index in [0.717, 1.165) is 28.2 Å². The van der Waals surface area contributed by atoms with Gasteiger partial charge in [-0.05, 0) is 50.1 Å². The minimum absolute atomic E-state index is 0.258. The predicted molar refractivity (Wildman–Crippen MR) is 116 cm³/mol. The van der Waals surface area contributed by atoms with E-state index in [0.29, 0.717) is 27.1 Å². The predicted octanol–water partition coefficient (Wildman–Crippen LogP) is 4.97. The van der Waals surface area contributed by atoms with Gasteiger partial charge in [0.05, 0.1) is 18.5 Å². The van der Waals surface area contributed by atoms with E-state index in [9.17, 15) is 9.59 Å². The summed E-state index contributed by atoms with van der Waals surface area (Å²) < 4.78 is 5.22. The lowest BCUT2D eigenvalue weighted by Gasteiger charge is -2.09. The number of nitrogens with one attached hydrogen (secondary N) is 3. The topological polar surface area (TPSA) is 92.3 Å². The Hall–Kier alpha value is -3.39. The van der Waals surface area contributed by atoms with Crippen molar-refractivity contribution in [2.45, 2.75) is 20.8 Å². The van der Waals surface area contributed by atoms with Gasteiger partial charge in [-0.25, -0.2) is 9.78 Å². The molecule has 150 valence electrons. The number of amides is 3. The molecule has 0 saturated heterocycles. The van der Waals surface area contributed by atoms with Gasteiger partial charge in [0.15, 0.2) is 5.13 Å². The first kappa shape index (κ1) is 20.3. The first-order valence-corrected chi connectivity index (χ1v) is 9.76. The molecule has 1 heterocycles. The molecule has 3 aromatic rings. The van der Waals surface area contributed by atoms with E-state index < -0.39 is 6.03 Å². The third kappa shape index (κ3) is 4.91. The van der Waals surface area contributed by atoms with Gasteiger partial charge in [0, 0.05) is 5.69 Å². The highest BCUT2D eigenvalue weighted by Crippen LogP contribution is 2.26. The van der Waals surface area contributed by atoms with Crippen molar-refractivity contribution in [1.82, 2.24) is 4.98 Å². The zero-order valence-electron chi connectivity index (χ0n) is 16.6. The molecule has 0 bridgehead atoms. The van der Waals surface area contributed by atoms with Gasteiger partial charge in [-0.15, -0.1) is 0 Å². The first-order chi connectivity index (χ1) is 13.9. The van der Waals surface area contributed by atoms with Crippen molar-refractivity contribution in [3.05, 3.63) is 64.2 Å². The number of aryl methyl sites for hydroxylation is 3. The second kappa shape index (κ2) is 8.74. The summed E-state index contributed by atoms with van der Waals surface area (Å²) in [6.07, 6.45) is 0. The molecule has 3 amide bonds. The molecule has 0 aliphatic carbocycles. The number of para-hydroxylation sites is 2. The van der Waals surface area contributed by atoms with Gasteiger partial charge in [-0.2, -0.15) is 0 Å². The van der Waals surface area contributed by atoms with Crippen LogP contribution in [0, 0.1) is 20.8 Å². The van der Waals surface area contributed by atoms with Gasteiger partial charge in [0.2, 0.25) is 0 Å². The summed E-state index contributed by atoms with van der Waals surface area (Å²) in [5, 5.41) is 8.63. The highest BCUT2D eigenvalue weighted by atomic mass is 32.1. The molecule has 0 radical (unpaired) electrons. The maximum Gasteiger partial charge on any atom is 0.325 e. The smallest absolute Gasteiger partial charge is 0.325 e. The lowest BCUT2D eigenvalue weighted by Crippen LogP contribution is -2.19. The number of thiazole rings is 1. The zero-order chi connectivity index (χ0) is 21.0. The van der Waals surface area contributed by atoms with E-state index in [2.05, 4.69) is 20.9 Å². The number of nitrogens with zero attached hydrogens (tertiary/aromatic N) is 1. The molecule has 0 fully saturated rings. The number of benzene rings is 2. The molecule has 8 heteroatoms. The first-order valence-electron chi connectivity index (χ1n) is 8.94. The summed E-state index contributed by atoms with van der Waals surface area (Å²) in [5.74, 6) is 0.290. The molecule has 0 saturated carbocycles. The molecule has 1 aromatic heterocycles. The summed E-state index contributed by atoms with van der Waals surface area (Å²) in [6.45, 7) is 5.64. The minimum Gasteiger partial charge on any atom is -0.495 e. The largest absolute Gasteiger partial charge is 0.495 e. The van der Waals surface area contributed by atoms with Crippen molar-refractivity contribution >= 4 is 39.8 Å². The van der Waals surface area contributed by atoms with Gasteiger partial charge < -0.3 is 15.4 Å². The Balaban J connectivity index is 1.70. The van der Waals surface area contributed by atoms with Crippen LogP contribution < -0.4 is 20.7 Å². The number of anilines is 3. The average Bonchev–Trinajstić information content (AvgIpc) is 3.05. The Morgan fingerprint density at radius 2 is 1.72 bits per heavy atom. The van der Waals surface area contributed by atoms with Crippen molar-refractivity contribution in [2.75, 3.05) is 23.1 Å². The second-order valence-electron chi connectivity index (χ2n) is 6.49. The van der Waals surface area contributed by atoms with Crippen LogP contribution in [-0.2, 0) is 0 Å². The van der Waals surface area contributed by atoms with Crippen molar-refractivity contribution in [3.8, 4) is 5.75 Å². The van der Waals surface area contributed by atoms with E-state index in [-0.39, 0.29) is 5.91 Å². The number of ether oxygens (including phenoxy) is 1. The number of methoxy groups -OCH3 is 1. The number of hydrogen-bond donors (Lipinski definition) is 3. The lowest BCUT2D eigenvalue weighted by molar-refractivity contribution is 0.102. The van der Waals surface area contributed by atoms with Crippen LogP contribution in [0.5, 0.6) is 5.75 Å². The average molecular weight is 410 g/mol. The van der Waals surface area contributed by atoms with Crippen molar-refractivity contribution in [2.24, 2.45) is 0 Å². The van der Waals surface area contributed by atoms with Crippen LogP contribution in [0.1, 0.15) is 26.5 Å². The molecule has 0 atom stereocenters. The maximum atomic E-state index is 12.7. The van der Waals surface area contributed by atoms with E-state index in [1.54, 1.807) is 25.1 Å². The second-order valence-corrected chi connectivity index (χ2v) is 7.48. The summed E-state index contributed by atoms with van der Waals surface area (Å²) in [6, 6.07) is 12.5. The molecule has 0 unspecified atom stereocenters. The number of carbonyl (C=O) groups excluding carboxylic acids is 2. The minimum atomic E-state index is -0.468. The molecule has 29 heavy (non-hydrogen) atoms. The highest BCUT2D eigenvalue weighted by molar-refractivity contribution is 7.17. The number of aromatic nitrogens is 1. The molecule has 3 N–H and O–H groups in total. The van der Waals surface area contributed by atoms with E-state index >= 15 is 0 Å². The molecular formula is C21H22N4O3S. The molecular weight excluding hydrogens is 388 g/mol. The standard InChI is InChI=1S/C21H22N4O3S/c1-12-9-10-13(2)16(11-12)23-19(26)18-14(3)22-21(29-18)25-20(27)24-15-7-5-6-8-17(15)28-4/h5-11H,1-4H3,(H,23,26)(H2,22,24,25,27).